The summed E-state index contributed by atoms with van der Waals surface area (Å²) in [6, 6.07) is 0. The quantitative estimate of drug-likeness (QED) is 0.582. The first-order valence-corrected chi connectivity index (χ1v) is 3.26. The van der Waals surface area contributed by atoms with Crippen LogP contribution in [0, 0.1) is 0 Å². The van der Waals surface area contributed by atoms with Crippen LogP contribution >= 0.6 is 0 Å². The lowest BCUT2D eigenvalue weighted by molar-refractivity contribution is -0.117. The smallest absolute Gasteiger partial charge is 0.129 e. The lowest BCUT2D eigenvalue weighted by Gasteiger charge is -1.71. The molecule has 66 valence electrons. The molecule has 0 amide bonds. The van der Waals surface area contributed by atoms with Crippen molar-refractivity contribution in [3.8, 4) is 0 Å². The van der Waals surface area contributed by atoms with Crippen molar-refractivity contribution in [3.05, 3.63) is 0 Å². The molecule has 0 radical (unpaired) electrons. The van der Waals surface area contributed by atoms with Gasteiger partial charge in [0.1, 0.15) is 18.4 Å². The Labute approximate surface area is 67.8 Å². The number of Topliss-reactive ketones (excluding diaryl/α,β-unsaturated/α-hetero) is 2. The zero-order chi connectivity index (χ0) is 9.86. The average Bonchev–Trinajstić information content (AvgIpc) is 1.91. The Morgan fingerprint density at radius 1 is 1.09 bits per heavy atom. The van der Waals surface area contributed by atoms with Crippen molar-refractivity contribution < 1.29 is 14.4 Å². The fourth-order valence-electron chi connectivity index (χ4n) is 0. The van der Waals surface area contributed by atoms with Crippen molar-refractivity contribution in [3.63, 3.8) is 0 Å². The van der Waals surface area contributed by atoms with E-state index in [0.717, 1.165) is 0 Å². The van der Waals surface area contributed by atoms with Crippen molar-refractivity contribution >= 4 is 18.4 Å². The van der Waals surface area contributed by atoms with Gasteiger partial charge in [0, 0.05) is 6.42 Å². The van der Waals surface area contributed by atoms with Crippen LogP contribution in [0.3, 0.4) is 0 Å². The number of ketones is 2. The van der Waals surface area contributed by atoms with Crippen molar-refractivity contribution in [1.29, 1.82) is 0 Å². The largest absolute Gasteiger partial charge is 0.307 e. The third-order valence-electron chi connectivity index (χ3n) is 0.498. The maximum absolute atomic E-state index is 9.81. The molecule has 0 aromatic rings. The van der Waals surface area contributed by atoms with Gasteiger partial charge in [0.2, 0.25) is 0 Å². The summed E-state index contributed by atoms with van der Waals surface area (Å²) in [7, 11) is 0. The first kappa shape index (κ1) is 16.5. The molecule has 0 aliphatic carbocycles. The second-order valence-electron chi connectivity index (χ2n) is 1.96. The van der Waals surface area contributed by atoms with Crippen molar-refractivity contribution in [2.75, 3.05) is 0 Å². The molecule has 0 N–H and O–H groups in total. The molecule has 0 unspecified atom stereocenters. The summed E-state index contributed by atoms with van der Waals surface area (Å²) in [6.45, 7) is 8.49. The van der Waals surface area contributed by atoms with Crippen LogP contribution in [-0.4, -0.2) is 18.4 Å². The Morgan fingerprint density at radius 2 is 1.18 bits per heavy atom. The molecule has 0 saturated carbocycles. The molecule has 0 bridgehead atoms. The minimum Gasteiger partial charge on any atom is -0.307 e. The van der Waals surface area contributed by atoms with Crippen LogP contribution in [0.1, 0.15) is 34.1 Å². The minimum absolute atomic E-state index is 0.167. The summed E-state index contributed by atoms with van der Waals surface area (Å²) < 4.78 is 0. The highest BCUT2D eigenvalue weighted by molar-refractivity contribution is 5.74. The van der Waals surface area contributed by atoms with Crippen LogP contribution in [0.2, 0.25) is 0 Å². The Hall–Kier alpha value is -0.990. The topological polar surface area (TPSA) is 51.2 Å². The van der Waals surface area contributed by atoms with E-state index in [4.69, 9.17) is 4.79 Å². The van der Waals surface area contributed by atoms with Gasteiger partial charge in [-0.3, -0.25) is 0 Å². The number of rotatable bonds is 1. The fraction of sp³-hybridized carbons (Fsp3) is 0.625. The standard InChI is InChI=1S/C4H8O.C3H6O.CH2O/c1-3-4(2)5;1-3(2)4;1-2/h3H2,1-2H3;1-2H3;1H2. The molecule has 0 aromatic heterocycles. The second-order valence-corrected chi connectivity index (χ2v) is 1.96. The molecule has 0 spiro atoms. The summed E-state index contributed by atoms with van der Waals surface area (Å²) in [5.74, 6) is 0.421. The maximum atomic E-state index is 9.81. The van der Waals surface area contributed by atoms with E-state index >= 15 is 0 Å². The highest BCUT2D eigenvalue weighted by Gasteiger charge is 1.76. The van der Waals surface area contributed by atoms with E-state index in [1.807, 2.05) is 13.7 Å². The Morgan fingerprint density at radius 3 is 1.18 bits per heavy atom. The van der Waals surface area contributed by atoms with Crippen LogP contribution in [0.4, 0.5) is 0 Å². The van der Waals surface area contributed by atoms with Gasteiger partial charge in [-0.2, -0.15) is 0 Å². The van der Waals surface area contributed by atoms with Gasteiger partial charge in [-0.15, -0.1) is 0 Å². The molecule has 0 fully saturated rings. The predicted molar refractivity (Wildman–Crippen MR) is 44.4 cm³/mol. The highest BCUT2D eigenvalue weighted by atomic mass is 16.1. The molecule has 0 saturated heterocycles. The van der Waals surface area contributed by atoms with E-state index in [0.29, 0.717) is 6.42 Å². The van der Waals surface area contributed by atoms with Gasteiger partial charge in [-0.25, -0.2) is 0 Å². The van der Waals surface area contributed by atoms with Gasteiger partial charge in [0.25, 0.3) is 0 Å². The van der Waals surface area contributed by atoms with E-state index in [-0.39, 0.29) is 11.6 Å². The number of hydrogen-bond donors (Lipinski definition) is 0. The van der Waals surface area contributed by atoms with Gasteiger partial charge >= 0.3 is 0 Å². The molecule has 0 aromatic carbocycles. The van der Waals surface area contributed by atoms with Crippen molar-refractivity contribution in [2.24, 2.45) is 0 Å². The summed E-state index contributed by atoms with van der Waals surface area (Å²) in [5, 5.41) is 0. The van der Waals surface area contributed by atoms with Crippen LogP contribution in [0.25, 0.3) is 0 Å². The Kier molecular flexibility index (Phi) is 24.1. The van der Waals surface area contributed by atoms with E-state index in [1.165, 1.54) is 13.8 Å². The SMILES string of the molecule is C=O.CC(C)=O.CCC(C)=O. The van der Waals surface area contributed by atoms with Gasteiger partial charge < -0.3 is 14.4 Å². The maximum Gasteiger partial charge on any atom is 0.129 e. The van der Waals surface area contributed by atoms with Gasteiger partial charge in [0.05, 0.1) is 0 Å². The lowest BCUT2D eigenvalue weighted by atomic mass is 10.4. The molecule has 3 nitrogen and oxygen atoms in total. The third kappa shape index (κ3) is 434. The van der Waals surface area contributed by atoms with Gasteiger partial charge in [0.15, 0.2) is 0 Å². The molecule has 3 heteroatoms. The zero-order valence-electron chi connectivity index (χ0n) is 7.64. The monoisotopic (exact) mass is 160 g/mol. The second kappa shape index (κ2) is 16.0. The Bertz CT molecular complexity index is 104. The number of carbonyl (C=O) groups is 3. The first-order valence-electron chi connectivity index (χ1n) is 3.26. The molecule has 11 heavy (non-hydrogen) atoms. The number of carbonyl (C=O) groups excluding carboxylic acids is 3. The minimum atomic E-state index is 0.167. The lowest BCUT2D eigenvalue weighted by Crippen LogP contribution is -1.80. The predicted octanol–water partition coefficient (Wildman–Crippen LogP) is 1.40. The van der Waals surface area contributed by atoms with E-state index < -0.39 is 0 Å². The Balaban J connectivity index is -0.0000000965. The van der Waals surface area contributed by atoms with Crippen LogP contribution < -0.4 is 0 Å². The average molecular weight is 160 g/mol. The molecular weight excluding hydrogens is 144 g/mol. The van der Waals surface area contributed by atoms with Gasteiger partial charge in [-0.1, -0.05) is 6.92 Å². The van der Waals surface area contributed by atoms with Crippen LogP contribution in [-0.2, 0) is 14.4 Å². The van der Waals surface area contributed by atoms with E-state index in [9.17, 15) is 9.59 Å². The molecule has 0 aliphatic heterocycles. The molecule has 0 aliphatic rings. The molecular formula is C8H16O3. The molecule has 0 rings (SSSR count). The summed E-state index contributed by atoms with van der Waals surface area (Å²) >= 11 is 0. The van der Waals surface area contributed by atoms with Gasteiger partial charge in [-0.05, 0) is 20.8 Å². The first-order chi connectivity index (χ1) is 5.00. The van der Waals surface area contributed by atoms with Crippen LogP contribution in [0.5, 0.6) is 0 Å². The summed E-state index contributed by atoms with van der Waals surface area (Å²) in [6.07, 6.45) is 0.667. The van der Waals surface area contributed by atoms with Crippen molar-refractivity contribution in [1.82, 2.24) is 0 Å². The normalized spacial score (nSPS) is 6.18. The number of hydrogen-bond acceptors (Lipinski definition) is 3. The van der Waals surface area contributed by atoms with Crippen molar-refractivity contribution in [2.45, 2.75) is 34.1 Å². The van der Waals surface area contributed by atoms with E-state index in [2.05, 4.69) is 0 Å². The molecule has 0 heterocycles. The summed E-state index contributed by atoms with van der Waals surface area (Å²) in [5.41, 5.74) is 0. The third-order valence-corrected chi connectivity index (χ3v) is 0.498. The molecule has 0 atom stereocenters. The summed E-state index contributed by atoms with van der Waals surface area (Å²) in [4.78, 5) is 27.3. The zero-order valence-corrected chi connectivity index (χ0v) is 7.64. The fourth-order valence-corrected chi connectivity index (χ4v) is 0. The highest BCUT2D eigenvalue weighted by Crippen LogP contribution is 1.71. The van der Waals surface area contributed by atoms with E-state index in [1.54, 1.807) is 6.92 Å². The van der Waals surface area contributed by atoms with Crippen LogP contribution in [0.15, 0.2) is 0 Å².